The summed E-state index contributed by atoms with van der Waals surface area (Å²) in [6, 6.07) is 2.51. The van der Waals surface area contributed by atoms with E-state index in [0.29, 0.717) is 19.3 Å². The molecule has 0 atom stereocenters. The second-order valence-corrected chi connectivity index (χ2v) is 6.27. The van der Waals surface area contributed by atoms with Crippen molar-refractivity contribution in [3.8, 4) is 0 Å². The van der Waals surface area contributed by atoms with Crippen LogP contribution in [0, 0.1) is 6.92 Å². The van der Waals surface area contributed by atoms with E-state index in [2.05, 4.69) is 28.7 Å². The van der Waals surface area contributed by atoms with Gasteiger partial charge in [0, 0.05) is 50.2 Å². The first kappa shape index (κ1) is 16.9. The van der Waals surface area contributed by atoms with Crippen molar-refractivity contribution in [3.05, 3.63) is 30.2 Å². The molecule has 2 aromatic heterocycles. The number of piperidine rings is 1. The van der Waals surface area contributed by atoms with Crippen LogP contribution in [0.1, 0.15) is 24.4 Å². The number of hydrogen-bond donors (Lipinski definition) is 0. The minimum Gasteiger partial charge on any atom is -0.382 e. The molecule has 3 rings (SSSR count). The fraction of sp³-hybridized carbons (Fsp3) is 0.556. The number of aromatic nitrogens is 2. The van der Waals surface area contributed by atoms with Gasteiger partial charge in [0.2, 0.25) is 5.91 Å². The maximum atomic E-state index is 12.2. The van der Waals surface area contributed by atoms with E-state index in [1.54, 1.807) is 7.11 Å². The largest absolute Gasteiger partial charge is 0.382 e. The molecule has 0 aromatic carbocycles. The topological polar surface area (TPSA) is 56.6 Å². The van der Waals surface area contributed by atoms with Crippen molar-refractivity contribution in [1.29, 1.82) is 0 Å². The summed E-state index contributed by atoms with van der Waals surface area (Å²) in [5, 5.41) is 1.21. The summed E-state index contributed by atoms with van der Waals surface area (Å²) >= 11 is 0. The number of amides is 1. The van der Waals surface area contributed by atoms with Crippen LogP contribution < -0.4 is 0 Å². The Labute approximate surface area is 142 Å². The Morgan fingerprint density at radius 1 is 1.33 bits per heavy atom. The quantitative estimate of drug-likeness (QED) is 0.761. The van der Waals surface area contributed by atoms with Crippen molar-refractivity contribution >= 4 is 16.8 Å². The summed E-state index contributed by atoms with van der Waals surface area (Å²) in [7, 11) is 1.62. The van der Waals surface area contributed by atoms with Gasteiger partial charge in [0.05, 0.1) is 18.7 Å². The van der Waals surface area contributed by atoms with Gasteiger partial charge in [-0.15, -0.1) is 0 Å². The number of carbonyl (C=O) groups excluding carboxylic acids is 1. The number of carbonyl (C=O) groups is 1. The lowest BCUT2D eigenvalue weighted by Crippen LogP contribution is -2.41. The Morgan fingerprint density at radius 3 is 2.88 bits per heavy atom. The highest BCUT2D eigenvalue weighted by molar-refractivity contribution is 5.82. The molecule has 1 amide bonds. The number of hydrogen-bond acceptors (Lipinski definition) is 4. The number of methoxy groups -OCH3 is 1. The van der Waals surface area contributed by atoms with Crippen LogP contribution >= 0.6 is 0 Å². The molecule has 0 radical (unpaired) electrons. The Kier molecular flexibility index (Phi) is 5.48. The molecule has 130 valence electrons. The van der Waals surface area contributed by atoms with Gasteiger partial charge in [-0.25, -0.2) is 0 Å². The zero-order valence-corrected chi connectivity index (χ0v) is 14.4. The van der Waals surface area contributed by atoms with Crippen LogP contribution in [0.4, 0.5) is 0 Å². The molecule has 6 nitrogen and oxygen atoms in total. The van der Waals surface area contributed by atoms with Crippen LogP contribution in [-0.2, 0) is 14.3 Å². The number of likely N-dealkylation sites (tertiary alicyclic amines) is 1. The second-order valence-electron chi connectivity index (χ2n) is 6.27. The van der Waals surface area contributed by atoms with Crippen LogP contribution in [0.25, 0.3) is 10.9 Å². The SMILES string of the molecule is COCCOCC(=O)N1CCC(n2cc(C)c3cnccc32)CC1. The monoisotopic (exact) mass is 331 g/mol. The number of ether oxygens (including phenoxy) is 2. The number of nitrogens with zero attached hydrogens (tertiary/aromatic N) is 3. The van der Waals surface area contributed by atoms with Gasteiger partial charge < -0.3 is 18.9 Å². The molecule has 1 aliphatic rings. The maximum Gasteiger partial charge on any atom is 0.248 e. The average Bonchev–Trinajstić information content (AvgIpc) is 2.96. The van der Waals surface area contributed by atoms with E-state index >= 15 is 0 Å². The van der Waals surface area contributed by atoms with E-state index < -0.39 is 0 Å². The summed E-state index contributed by atoms with van der Waals surface area (Å²) in [4.78, 5) is 18.3. The molecule has 1 aliphatic heterocycles. The third-order valence-corrected chi connectivity index (χ3v) is 4.70. The zero-order valence-electron chi connectivity index (χ0n) is 14.4. The van der Waals surface area contributed by atoms with Gasteiger partial charge in [-0.3, -0.25) is 9.78 Å². The first-order chi connectivity index (χ1) is 11.7. The fourth-order valence-electron chi connectivity index (χ4n) is 3.35. The number of aryl methyl sites for hydroxylation is 1. The molecule has 2 aromatic rings. The summed E-state index contributed by atoms with van der Waals surface area (Å²) in [5.74, 6) is 0.0716. The summed E-state index contributed by atoms with van der Waals surface area (Å²) in [6.07, 6.45) is 7.92. The lowest BCUT2D eigenvalue weighted by atomic mass is 10.0. The molecular formula is C18H25N3O3. The molecule has 0 bridgehead atoms. The molecule has 1 saturated heterocycles. The summed E-state index contributed by atoms with van der Waals surface area (Å²) < 4.78 is 12.6. The third kappa shape index (κ3) is 3.60. The standard InChI is InChI=1S/C18H25N3O3/c1-14-12-21(17-3-6-19-11-16(14)17)15-4-7-20(8-5-15)18(22)13-24-10-9-23-2/h3,6,11-12,15H,4-5,7-10,13H2,1-2H3. The van der Waals surface area contributed by atoms with E-state index in [0.717, 1.165) is 25.9 Å². The zero-order chi connectivity index (χ0) is 16.9. The molecule has 1 fully saturated rings. The predicted octanol–water partition coefficient (Wildman–Crippen LogP) is 2.17. The minimum absolute atomic E-state index is 0.0716. The van der Waals surface area contributed by atoms with Crippen molar-refractivity contribution in [1.82, 2.24) is 14.5 Å². The van der Waals surface area contributed by atoms with Crippen LogP contribution in [0.3, 0.4) is 0 Å². The Bertz CT molecular complexity index is 690. The Morgan fingerprint density at radius 2 is 2.12 bits per heavy atom. The Hall–Kier alpha value is -1.92. The van der Waals surface area contributed by atoms with Crippen LogP contribution in [0.2, 0.25) is 0 Å². The first-order valence-corrected chi connectivity index (χ1v) is 8.46. The van der Waals surface area contributed by atoms with Gasteiger partial charge in [0.15, 0.2) is 0 Å². The van der Waals surface area contributed by atoms with Crippen molar-refractivity contribution in [3.63, 3.8) is 0 Å². The highest BCUT2D eigenvalue weighted by Crippen LogP contribution is 2.29. The first-order valence-electron chi connectivity index (χ1n) is 8.46. The predicted molar refractivity (Wildman–Crippen MR) is 92.0 cm³/mol. The minimum atomic E-state index is 0.0716. The molecule has 0 saturated carbocycles. The van der Waals surface area contributed by atoms with E-state index in [1.165, 1.54) is 16.5 Å². The molecule has 0 spiro atoms. The molecule has 0 unspecified atom stereocenters. The number of fused-ring (bicyclic) bond motifs is 1. The van der Waals surface area contributed by atoms with Gasteiger partial charge in [-0.05, 0) is 31.4 Å². The molecular weight excluding hydrogens is 306 g/mol. The normalized spacial score (nSPS) is 16.0. The maximum absolute atomic E-state index is 12.2. The van der Waals surface area contributed by atoms with E-state index in [-0.39, 0.29) is 12.5 Å². The van der Waals surface area contributed by atoms with Gasteiger partial charge in [0.25, 0.3) is 0 Å². The van der Waals surface area contributed by atoms with E-state index in [9.17, 15) is 4.79 Å². The lowest BCUT2D eigenvalue weighted by molar-refractivity contribution is -0.137. The third-order valence-electron chi connectivity index (χ3n) is 4.70. The highest BCUT2D eigenvalue weighted by Gasteiger charge is 2.24. The average molecular weight is 331 g/mol. The van der Waals surface area contributed by atoms with Crippen LogP contribution in [-0.4, -0.2) is 60.4 Å². The second kappa shape index (κ2) is 7.77. The molecule has 6 heteroatoms. The molecule has 24 heavy (non-hydrogen) atoms. The lowest BCUT2D eigenvalue weighted by Gasteiger charge is -2.33. The molecule has 0 N–H and O–H groups in total. The smallest absolute Gasteiger partial charge is 0.248 e. The summed E-state index contributed by atoms with van der Waals surface area (Å²) in [6.45, 7) is 4.80. The molecule has 0 aliphatic carbocycles. The van der Waals surface area contributed by atoms with Gasteiger partial charge >= 0.3 is 0 Å². The fourth-order valence-corrected chi connectivity index (χ4v) is 3.35. The summed E-state index contributed by atoms with van der Waals surface area (Å²) in [5.41, 5.74) is 2.48. The van der Waals surface area contributed by atoms with Crippen molar-refractivity contribution in [2.75, 3.05) is 40.0 Å². The van der Waals surface area contributed by atoms with Gasteiger partial charge in [-0.2, -0.15) is 0 Å². The van der Waals surface area contributed by atoms with Crippen molar-refractivity contribution < 1.29 is 14.3 Å². The van der Waals surface area contributed by atoms with Crippen LogP contribution in [0.15, 0.2) is 24.7 Å². The van der Waals surface area contributed by atoms with Gasteiger partial charge in [0.1, 0.15) is 6.61 Å². The highest BCUT2D eigenvalue weighted by atomic mass is 16.5. The number of rotatable bonds is 6. The number of pyridine rings is 1. The van der Waals surface area contributed by atoms with Crippen molar-refractivity contribution in [2.24, 2.45) is 0 Å². The Balaban J connectivity index is 1.57. The van der Waals surface area contributed by atoms with Crippen LogP contribution in [0.5, 0.6) is 0 Å². The van der Waals surface area contributed by atoms with E-state index in [4.69, 9.17) is 9.47 Å². The van der Waals surface area contributed by atoms with Gasteiger partial charge in [-0.1, -0.05) is 0 Å². The van der Waals surface area contributed by atoms with Crippen molar-refractivity contribution in [2.45, 2.75) is 25.8 Å². The van der Waals surface area contributed by atoms with E-state index in [1.807, 2.05) is 17.3 Å². The molecule has 3 heterocycles.